The normalized spacial score (nSPS) is 18.3. The lowest BCUT2D eigenvalue weighted by molar-refractivity contribution is -0.200. The highest BCUT2D eigenvalue weighted by Gasteiger charge is 2.18. The Morgan fingerprint density at radius 1 is 1.33 bits per heavy atom. The average Bonchev–Trinajstić information content (AvgIpc) is 2.53. The lowest BCUT2D eigenvalue weighted by Crippen LogP contribution is -2.35. The van der Waals surface area contributed by atoms with E-state index in [-0.39, 0.29) is 17.9 Å². The van der Waals surface area contributed by atoms with E-state index in [0.717, 1.165) is 24.8 Å². The number of hydrogen-bond donors (Lipinski definition) is 2. The number of carbonyl (C=O) groups excluding carboxylic acids is 1. The number of rotatable bonds is 7. The number of hydrogen-bond acceptors (Lipinski definition) is 5. The van der Waals surface area contributed by atoms with Crippen molar-refractivity contribution in [1.29, 1.82) is 0 Å². The first kappa shape index (κ1) is 18.9. The molecule has 2 N–H and O–H groups in total. The summed E-state index contributed by atoms with van der Waals surface area (Å²) < 4.78 is 32.3. The molecule has 1 aliphatic heterocycles. The fourth-order valence-electron chi connectivity index (χ4n) is 2.46. The standard InChI is InChI=1S/C16H24N2O5S/c1-12-6-7-14(13(2)11-12)24(20,21)17-9-8-15(19)18-23-16-5-3-4-10-22-16/h6-7,11,16-17H,3-5,8-10H2,1-2H3,(H,18,19). The van der Waals surface area contributed by atoms with Crippen molar-refractivity contribution < 1.29 is 22.8 Å². The zero-order chi connectivity index (χ0) is 17.6. The largest absolute Gasteiger partial charge is 0.350 e. The molecule has 0 aliphatic carbocycles. The number of carbonyl (C=O) groups is 1. The van der Waals surface area contributed by atoms with Gasteiger partial charge in [-0.25, -0.2) is 23.5 Å². The monoisotopic (exact) mass is 356 g/mol. The third kappa shape index (κ3) is 5.55. The predicted molar refractivity (Wildman–Crippen MR) is 88.5 cm³/mol. The van der Waals surface area contributed by atoms with E-state index in [0.29, 0.717) is 12.2 Å². The Hall–Kier alpha value is -1.48. The van der Waals surface area contributed by atoms with Crippen LogP contribution >= 0.6 is 0 Å². The van der Waals surface area contributed by atoms with Crippen LogP contribution in [0.1, 0.15) is 36.8 Å². The van der Waals surface area contributed by atoms with Gasteiger partial charge in [-0.15, -0.1) is 0 Å². The number of nitrogens with one attached hydrogen (secondary N) is 2. The van der Waals surface area contributed by atoms with Gasteiger partial charge in [0.05, 0.1) is 4.90 Å². The van der Waals surface area contributed by atoms with Crippen molar-refractivity contribution in [1.82, 2.24) is 10.2 Å². The Kier molecular flexibility index (Phi) is 6.73. The van der Waals surface area contributed by atoms with Crippen LogP contribution in [-0.4, -0.2) is 33.8 Å². The molecule has 1 amide bonds. The fraction of sp³-hybridized carbons (Fsp3) is 0.562. The predicted octanol–water partition coefficient (Wildman–Crippen LogP) is 1.55. The summed E-state index contributed by atoms with van der Waals surface area (Å²) in [6, 6.07) is 5.11. The first-order chi connectivity index (χ1) is 11.4. The fourth-order valence-corrected chi connectivity index (χ4v) is 3.72. The van der Waals surface area contributed by atoms with Gasteiger partial charge in [0, 0.05) is 26.0 Å². The summed E-state index contributed by atoms with van der Waals surface area (Å²) in [4.78, 5) is 17.1. The first-order valence-electron chi connectivity index (χ1n) is 8.01. The van der Waals surface area contributed by atoms with Gasteiger partial charge in [0.15, 0.2) is 6.29 Å². The number of sulfonamides is 1. The molecule has 1 aromatic rings. The van der Waals surface area contributed by atoms with E-state index in [1.165, 1.54) is 0 Å². The minimum Gasteiger partial charge on any atom is -0.350 e. The van der Waals surface area contributed by atoms with Gasteiger partial charge in [-0.1, -0.05) is 17.7 Å². The molecule has 0 bridgehead atoms. The second-order valence-corrected chi connectivity index (χ2v) is 7.59. The molecule has 1 heterocycles. The molecule has 8 heteroatoms. The highest BCUT2D eigenvalue weighted by Crippen LogP contribution is 2.16. The van der Waals surface area contributed by atoms with Crippen molar-refractivity contribution in [2.45, 2.75) is 50.7 Å². The molecule has 1 aliphatic rings. The molecule has 1 aromatic carbocycles. The van der Waals surface area contributed by atoms with Gasteiger partial charge in [-0.2, -0.15) is 0 Å². The van der Waals surface area contributed by atoms with Crippen LogP contribution in [0.15, 0.2) is 23.1 Å². The molecule has 1 fully saturated rings. The van der Waals surface area contributed by atoms with Gasteiger partial charge in [0.2, 0.25) is 15.9 Å². The van der Waals surface area contributed by atoms with E-state index in [1.54, 1.807) is 25.1 Å². The van der Waals surface area contributed by atoms with Crippen molar-refractivity contribution in [3.63, 3.8) is 0 Å². The maximum Gasteiger partial charge on any atom is 0.244 e. The van der Waals surface area contributed by atoms with Crippen LogP contribution in [-0.2, 0) is 24.4 Å². The zero-order valence-corrected chi connectivity index (χ0v) is 14.8. The van der Waals surface area contributed by atoms with E-state index in [4.69, 9.17) is 9.57 Å². The van der Waals surface area contributed by atoms with Crippen molar-refractivity contribution >= 4 is 15.9 Å². The van der Waals surface area contributed by atoms with Crippen LogP contribution in [0.4, 0.5) is 0 Å². The van der Waals surface area contributed by atoms with E-state index < -0.39 is 22.2 Å². The molecule has 0 spiro atoms. The molecular weight excluding hydrogens is 332 g/mol. The van der Waals surface area contributed by atoms with Gasteiger partial charge < -0.3 is 4.74 Å². The number of ether oxygens (including phenoxy) is 1. The second kappa shape index (κ2) is 8.57. The van der Waals surface area contributed by atoms with Crippen molar-refractivity contribution in [3.05, 3.63) is 29.3 Å². The zero-order valence-electron chi connectivity index (χ0n) is 14.0. The Balaban J connectivity index is 1.76. The maximum absolute atomic E-state index is 12.3. The molecule has 0 radical (unpaired) electrons. The summed E-state index contributed by atoms with van der Waals surface area (Å²) in [7, 11) is -3.63. The molecule has 134 valence electrons. The SMILES string of the molecule is Cc1ccc(S(=O)(=O)NCCC(=O)NOC2CCCCO2)c(C)c1. The minimum absolute atomic E-state index is 0.00360. The van der Waals surface area contributed by atoms with Crippen LogP contribution in [0.2, 0.25) is 0 Å². The first-order valence-corrected chi connectivity index (χ1v) is 9.50. The maximum atomic E-state index is 12.3. The number of aryl methyl sites for hydroxylation is 2. The van der Waals surface area contributed by atoms with Crippen LogP contribution in [0, 0.1) is 13.8 Å². The van der Waals surface area contributed by atoms with Gasteiger partial charge in [0.1, 0.15) is 0 Å². The minimum atomic E-state index is -3.63. The molecule has 1 unspecified atom stereocenters. The molecule has 2 rings (SSSR count). The Morgan fingerprint density at radius 3 is 2.79 bits per heavy atom. The van der Waals surface area contributed by atoms with Gasteiger partial charge in [0.25, 0.3) is 0 Å². The molecule has 0 saturated carbocycles. The third-order valence-corrected chi connectivity index (χ3v) is 5.33. The highest BCUT2D eigenvalue weighted by molar-refractivity contribution is 7.89. The molecule has 0 aromatic heterocycles. The van der Waals surface area contributed by atoms with Crippen LogP contribution in [0.25, 0.3) is 0 Å². The van der Waals surface area contributed by atoms with E-state index in [2.05, 4.69) is 10.2 Å². The quantitative estimate of drug-likeness (QED) is 0.723. The average molecular weight is 356 g/mol. The Labute approximate surface area is 142 Å². The summed E-state index contributed by atoms with van der Waals surface area (Å²) in [5, 5.41) is 0. The van der Waals surface area contributed by atoms with E-state index >= 15 is 0 Å². The molecule has 1 saturated heterocycles. The second-order valence-electron chi connectivity index (χ2n) is 5.86. The van der Waals surface area contributed by atoms with Crippen molar-refractivity contribution in [2.24, 2.45) is 0 Å². The smallest absolute Gasteiger partial charge is 0.244 e. The lowest BCUT2D eigenvalue weighted by Gasteiger charge is -2.22. The van der Waals surface area contributed by atoms with Gasteiger partial charge in [-0.3, -0.25) is 4.79 Å². The van der Waals surface area contributed by atoms with Crippen LogP contribution in [0.3, 0.4) is 0 Å². The number of amides is 1. The Morgan fingerprint density at radius 2 is 2.12 bits per heavy atom. The van der Waals surface area contributed by atoms with Gasteiger partial charge >= 0.3 is 0 Å². The highest BCUT2D eigenvalue weighted by atomic mass is 32.2. The molecule has 7 nitrogen and oxygen atoms in total. The summed E-state index contributed by atoms with van der Waals surface area (Å²) >= 11 is 0. The van der Waals surface area contributed by atoms with Crippen molar-refractivity contribution in [3.8, 4) is 0 Å². The van der Waals surface area contributed by atoms with Crippen LogP contribution in [0.5, 0.6) is 0 Å². The summed E-state index contributed by atoms with van der Waals surface area (Å²) in [5.74, 6) is -0.396. The molecular formula is C16H24N2O5S. The van der Waals surface area contributed by atoms with E-state index in [9.17, 15) is 13.2 Å². The number of benzene rings is 1. The molecule has 24 heavy (non-hydrogen) atoms. The lowest BCUT2D eigenvalue weighted by atomic mass is 10.2. The van der Waals surface area contributed by atoms with E-state index in [1.807, 2.05) is 6.92 Å². The topological polar surface area (TPSA) is 93.7 Å². The summed E-state index contributed by atoms with van der Waals surface area (Å²) in [6.45, 7) is 4.26. The third-order valence-electron chi connectivity index (χ3n) is 3.71. The van der Waals surface area contributed by atoms with Gasteiger partial charge in [-0.05, 0) is 38.3 Å². The van der Waals surface area contributed by atoms with Crippen molar-refractivity contribution in [2.75, 3.05) is 13.2 Å². The van der Waals surface area contributed by atoms with Crippen LogP contribution < -0.4 is 10.2 Å². The molecule has 1 atom stereocenters. The summed E-state index contributed by atoms with van der Waals surface area (Å²) in [5.41, 5.74) is 3.96. The Bertz CT molecular complexity index is 669. The summed E-state index contributed by atoms with van der Waals surface area (Å²) in [6.07, 6.45) is 2.29. The number of hydroxylamine groups is 1.